The van der Waals surface area contributed by atoms with Crippen molar-refractivity contribution in [2.75, 3.05) is 6.61 Å². The summed E-state index contributed by atoms with van der Waals surface area (Å²) in [5.41, 5.74) is 1.51. The van der Waals surface area contributed by atoms with Crippen LogP contribution >= 0.6 is 11.3 Å². The van der Waals surface area contributed by atoms with Crippen molar-refractivity contribution in [3.05, 3.63) is 47.5 Å². The number of sulfonamides is 1. The van der Waals surface area contributed by atoms with E-state index in [1.807, 2.05) is 18.2 Å². The molecule has 0 bridgehead atoms. The van der Waals surface area contributed by atoms with Gasteiger partial charge in [0.25, 0.3) is 10.0 Å². The fourth-order valence-electron chi connectivity index (χ4n) is 2.10. The predicted octanol–water partition coefficient (Wildman–Crippen LogP) is 2.99. The van der Waals surface area contributed by atoms with Crippen LogP contribution in [0.1, 0.15) is 38.7 Å². The minimum Gasteiger partial charge on any atom is -0.396 e. The van der Waals surface area contributed by atoms with Crippen LogP contribution in [0.5, 0.6) is 0 Å². The highest BCUT2D eigenvalue weighted by Gasteiger charge is 2.19. The average Bonchev–Trinajstić information content (AvgIpc) is 3.00. The zero-order valence-corrected chi connectivity index (χ0v) is 15.3. The van der Waals surface area contributed by atoms with Gasteiger partial charge in [-0.25, -0.2) is 18.5 Å². The molecule has 0 spiro atoms. The molecule has 128 valence electrons. The first-order valence-corrected chi connectivity index (χ1v) is 9.64. The second-order valence-corrected chi connectivity index (χ2v) is 9.03. The van der Waals surface area contributed by atoms with Gasteiger partial charge in [0.05, 0.1) is 0 Å². The Balaban J connectivity index is 0.000000253. The second kappa shape index (κ2) is 8.54. The van der Waals surface area contributed by atoms with Gasteiger partial charge >= 0.3 is 0 Å². The van der Waals surface area contributed by atoms with Gasteiger partial charge in [-0.15, -0.1) is 11.3 Å². The van der Waals surface area contributed by atoms with Gasteiger partial charge in [-0.2, -0.15) is 0 Å². The number of aliphatic hydroxyl groups excluding tert-OH is 1. The summed E-state index contributed by atoms with van der Waals surface area (Å²) in [6, 6.07) is 10.2. The molecule has 0 saturated heterocycles. The molecule has 1 aromatic carbocycles. The van der Waals surface area contributed by atoms with E-state index < -0.39 is 10.0 Å². The van der Waals surface area contributed by atoms with Crippen LogP contribution in [-0.4, -0.2) is 25.1 Å². The fourth-order valence-corrected chi connectivity index (χ4v) is 3.37. The van der Waals surface area contributed by atoms with Crippen molar-refractivity contribution in [3.63, 3.8) is 0 Å². The number of hydrogen-bond acceptors (Lipinski definition) is 5. The highest BCUT2D eigenvalue weighted by Crippen LogP contribution is 2.30. The van der Waals surface area contributed by atoms with Gasteiger partial charge in [-0.3, -0.25) is 0 Å². The molecule has 0 fully saturated rings. The number of nitrogens with two attached hydrogens (primary N) is 1. The van der Waals surface area contributed by atoms with Crippen molar-refractivity contribution in [1.29, 1.82) is 0 Å². The van der Waals surface area contributed by atoms with Gasteiger partial charge in [0.1, 0.15) is 0 Å². The third kappa shape index (κ3) is 7.69. The molecule has 0 aliphatic carbocycles. The third-order valence-electron chi connectivity index (χ3n) is 3.00. The Morgan fingerprint density at radius 3 is 2.22 bits per heavy atom. The SMILES string of the molecule is CC(C)(C)CC(CO)c1ccccc1.NS(=O)(=O)c1nccs1. The van der Waals surface area contributed by atoms with E-state index >= 15 is 0 Å². The third-order valence-corrected chi connectivity index (χ3v) is 5.15. The molecule has 23 heavy (non-hydrogen) atoms. The van der Waals surface area contributed by atoms with Crippen LogP contribution in [0.15, 0.2) is 46.2 Å². The van der Waals surface area contributed by atoms with Crippen LogP contribution in [0.3, 0.4) is 0 Å². The van der Waals surface area contributed by atoms with E-state index in [4.69, 9.17) is 5.14 Å². The molecule has 0 radical (unpaired) electrons. The molecule has 7 heteroatoms. The van der Waals surface area contributed by atoms with Crippen molar-refractivity contribution >= 4 is 21.4 Å². The highest BCUT2D eigenvalue weighted by atomic mass is 32.2. The molecule has 1 heterocycles. The quantitative estimate of drug-likeness (QED) is 0.880. The molecule has 2 aromatic rings. The number of aromatic nitrogens is 1. The lowest BCUT2D eigenvalue weighted by Gasteiger charge is -2.24. The minimum atomic E-state index is -3.55. The Labute approximate surface area is 142 Å². The fraction of sp³-hybridized carbons (Fsp3) is 0.438. The summed E-state index contributed by atoms with van der Waals surface area (Å²) in [4.78, 5) is 3.49. The van der Waals surface area contributed by atoms with E-state index in [-0.39, 0.29) is 22.3 Å². The molecule has 0 saturated carbocycles. The first-order chi connectivity index (χ1) is 10.6. The number of primary sulfonamides is 1. The molecule has 1 unspecified atom stereocenters. The summed E-state index contributed by atoms with van der Waals surface area (Å²) in [5, 5.41) is 15.6. The predicted molar refractivity (Wildman–Crippen MR) is 93.8 cm³/mol. The van der Waals surface area contributed by atoms with E-state index in [0.717, 1.165) is 17.8 Å². The van der Waals surface area contributed by atoms with E-state index in [9.17, 15) is 13.5 Å². The van der Waals surface area contributed by atoms with Crippen molar-refractivity contribution < 1.29 is 13.5 Å². The maximum atomic E-state index is 10.4. The van der Waals surface area contributed by atoms with E-state index in [1.165, 1.54) is 11.8 Å². The van der Waals surface area contributed by atoms with E-state index in [1.54, 1.807) is 5.38 Å². The van der Waals surface area contributed by atoms with Gasteiger partial charge in [0.2, 0.25) is 4.34 Å². The molecular formula is C16H24N2O3S2. The number of benzene rings is 1. The Morgan fingerprint density at radius 2 is 1.87 bits per heavy atom. The van der Waals surface area contributed by atoms with Crippen molar-refractivity contribution in [3.8, 4) is 0 Å². The normalized spacial score (nSPS) is 13.1. The molecule has 0 aliphatic heterocycles. The lowest BCUT2D eigenvalue weighted by atomic mass is 9.82. The number of thiazole rings is 1. The molecule has 0 aliphatic rings. The van der Waals surface area contributed by atoms with Crippen molar-refractivity contribution in [2.45, 2.75) is 37.4 Å². The zero-order valence-electron chi connectivity index (χ0n) is 13.6. The molecule has 5 nitrogen and oxygen atoms in total. The smallest absolute Gasteiger partial charge is 0.265 e. The molecule has 1 aromatic heterocycles. The average molecular weight is 357 g/mol. The Bertz CT molecular complexity index is 663. The van der Waals surface area contributed by atoms with Gasteiger partial charge in [0.15, 0.2) is 0 Å². The number of nitrogens with zero attached hydrogens (tertiary/aromatic N) is 1. The van der Waals surface area contributed by atoms with Crippen LogP contribution in [0.4, 0.5) is 0 Å². The summed E-state index contributed by atoms with van der Waals surface area (Å²) in [5.74, 6) is 0.274. The second-order valence-electron chi connectivity index (χ2n) is 6.40. The minimum absolute atomic E-state index is 0.0394. The van der Waals surface area contributed by atoms with Crippen LogP contribution in [0, 0.1) is 5.41 Å². The summed E-state index contributed by atoms with van der Waals surface area (Å²) in [6.07, 6.45) is 2.41. The van der Waals surface area contributed by atoms with Crippen LogP contribution in [0.2, 0.25) is 0 Å². The molecule has 1 atom stereocenters. The van der Waals surface area contributed by atoms with Crippen molar-refractivity contribution in [2.24, 2.45) is 10.6 Å². The van der Waals surface area contributed by atoms with Gasteiger partial charge in [-0.1, -0.05) is 51.1 Å². The zero-order chi connectivity index (χ0) is 17.5. The number of rotatable bonds is 4. The van der Waals surface area contributed by atoms with Crippen LogP contribution < -0.4 is 5.14 Å². The largest absolute Gasteiger partial charge is 0.396 e. The monoisotopic (exact) mass is 356 g/mol. The molecule has 2 rings (SSSR count). The molecule has 3 N–H and O–H groups in total. The molecular weight excluding hydrogens is 332 g/mol. The highest BCUT2D eigenvalue weighted by molar-refractivity contribution is 7.91. The summed E-state index contributed by atoms with van der Waals surface area (Å²) >= 11 is 1.01. The lowest BCUT2D eigenvalue weighted by Crippen LogP contribution is -2.14. The van der Waals surface area contributed by atoms with Crippen LogP contribution in [-0.2, 0) is 10.0 Å². The van der Waals surface area contributed by atoms with E-state index in [2.05, 4.69) is 37.9 Å². The molecule has 0 amide bonds. The number of hydrogen-bond donors (Lipinski definition) is 2. The van der Waals surface area contributed by atoms with Crippen molar-refractivity contribution in [1.82, 2.24) is 4.98 Å². The summed E-state index contributed by atoms with van der Waals surface area (Å²) in [7, 11) is -3.55. The summed E-state index contributed by atoms with van der Waals surface area (Å²) < 4.78 is 20.8. The topological polar surface area (TPSA) is 93.3 Å². The van der Waals surface area contributed by atoms with Crippen LogP contribution in [0.25, 0.3) is 0 Å². The van der Waals surface area contributed by atoms with E-state index in [0.29, 0.717) is 0 Å². The lowest BCUT2D eigenvalue weighted by molar-refractivity contribution is 0.222. The Kier molecular flexibility index (Phi) is 7.34. The maximum Gasteiger partial charge on any atom is 0.265 e. The Morgan fingerprint density at radius 1 is 1.26 bits per heavy atom. The first-order valence-electron chi connectivity index (χ1n) is 7.21. The maximum absolute atomic E-state index is 10.4. The number of aliphatic hydroxyl groups is 1. The van der Waals surface area contributed by atoms with Gasteiger partial charge in [-0.05, 0) is 17.4 Å². The summed E-state index contributed by atoms with van der Waals surface area (Å²) in [6.45, 7) is 6.86. The Hall–Kier alpha value is -1.28. The van der Waals surface area contributed by atoms with Gasteiger partial charge in [0, 0.05) is 24.1 Å². The standard InChI is InChI=1S/C13H20O.C3H4N2O2S2/c1-13(2,3)9-12(10-14)11-7-5-4-6-8-11;4-9(6,7)3-5-1-2-8-3/h4-8,12,14H,9-10H2,1-3H3;1-2H,(H2,4,6,7). The van der Waals surface area contributed by atoms with Gasteiger partial charge < -0.3 is 5.11 Å². The first kappa shape index (κ1) is 19.8.